The summed E-state index contributed by atoms with van der Waals surface area (Å²) in [6.07, 6.45) is -4.13. The van der Waals surface area contributed by atoms with Crippen molar-refractivity contribution in [3.05, 3.63) is 35.3 Å². The van der Waals surface area contributed by atoms with E-state index in [2.05, 4.69) is 26.1 Å². The molecule has 1 heterocycles. The number of halogens is 4. The molecule has 8 nitrogen and oxygen atoms in total. The number of nitrogens with one attached hydrogen (secondary N) is 3. The molecule has 0 saturated heterocycles. The highest BCUT2D eigenvalue weighted by Crippen LogP contribution is 2.35. The molecule has 0 bridgehead atoms. The van der Waals surface area contributed by atoms with Gasteiger partial charge in [0.05, 0.1) is 18.4 Å². The second kappa shape index (κ2) is 8.03. The van der Waals surface area contributed by atoms with Gasteiger partial charge in [-0.1, -0.05) is 6.92 Å². The van der Waals surface area contributed by atoms with Crippen molar-refractivity contribution in [3.8, 4) is 5.75 Å². The van der Waals surface area contributed by atoms with Crippen molar-refractivity contribution in [3.63, 3.8) is 0 Å². The van der Waals surface area contributed by atoms with Crippen LogP contribution in [0.5, 0.6) is 5.75 Å². The SMILES string of the molecule is CCNNc1nc(Nc2cc(F)c(C(=O)O)cc2OC)ncc1C(F)(F)F. The number of hydrogen-bond donors (Lipinski definition) is 4. The van der Waals surface area contributed by atoms with Gasteiger partial charge in [-0.15, -0.1) is 0 Å². The number of aromatic nitrogens is 2. The van der Waals surface area contributed by atoms with Crippen LogP contribution in [0.1, 0.15) is 22.8 Å². The minimum atomic E-state index is -4.69. The Balaban J connectivity index is 2.42. The molecule has 4 N–H and O–H groups in total. The molecule has 0 spiro atoms. The summed E-state index contributed by atoms with van der Waals surface area (Å²) in [5, 5.41) is 11.4. The lowest BCUT2D eigenvalue weighted by atomic mass is 10.1. The fraction of sp³-hybridized carbons (Fsp3) is 0.267. The van der Waals surface area contributed by atoms with E-state index in [0.717, 1.165) is 12.1 Å². The van der Waals surface area contributed by atoms with Crippen LogP contribution < -0.4 is 20.9 Å². The molecule has 0 amide bonds. The number of methoxy groups -OCH3 is 1. The molecule has 0 radical (unpaired) electrons. The Morgan fingerprint density at radius 2 is 2.04 bits per heavy atom. The van der Waals surface area contributed by atoms with Crippen molar-refractivity contribution >= 4 is 23.4 Å². The van der Waals surface area contributed by atoms with Gasteiger partial charge in [0.25, 0.3) is 0 Å². The van der Waals surface area contributed by atoms with Gasteiger partial charge in [0, 0.05) is 18.8 Å². The van der Waals surface area contributed by atoms with E-state index in [-0.39, 0.29) is 17.4 Å². The third kappa shape index (κ3) is 4.73. The predicted octanol–water partition coefficient (Wildman–Crippen LogP) is 3.02. The van der Waals surface area contributed by atoms with Crippen LogP contribution in [0, 0.1) is 5.82 Å². The number of rotatable bonds is 7. The van der Waals surface area contributed by atoms with Crippen LogP contribution in [0.2, 0.25) is 0 Å². The van der Waals surface area contributed by atoms with E-state index in [4.69, 9.17) is 9.84 Å². The minimum Gasteiger partial charge on any atom is -0.495 e. The highest BCUT2D eigenvalue weighted by molar-refractivity contribution is 5.89. The second-order valence-electron chi connectivity index (χ2n) is 5.07. The van der Waals surface area contributed by atoms with E-state index in [1.54, 1.807) is 6.92 Å². The molecule has 0 saturated carbocycles. The monoisotopic (exact) mass is 389 g/mol. The Morgan fingerprint density at radius 1 is 1.33 bits per heavy atom. The number of carbonyl (C=O) groups is 1. The number of aromatic carboxylic acids is 1. The van der Waals surface area contributed by atoms with E-state index in [1.165, 1.54) is 7.11 Å². The lowest BCUT2D eigenvalue weighted by molar-refractivity contribution is -0.137. The largest absolute Gasteiger partial charge is 0.495 e. The molecule has 0 fully saturated rings. The first-order valence-corrected chi connectivity index (χ1v) is 7.48. The Bertz CT molecular complexity index is 845. The van der Waals surface area contributed by atoms with Crippen LogP contribution in [0.25, 0.3) is 0 Å². The number of hydrazine groups is 1. The third-order valence-corrected chi connectivity index (χ3v) is 3.24. The average molecular weight is 389 g/mol. The lowest BCUT2D eigenvalue weighted by Crippen LogP contribution is -2.24. The Morgan fingerprint density at radius 3 is 2.59 bits per heavy atom. The maximum absolute atomic E-state index is 13.9. The van der Waals surface area contributed by atoms with Gasteiger partial charge in [0.1, 0.15) is 17.1 Å². The molecule has 1 aromatic heterocycles. The zero-order valence-corrected chi connectivity index (χ0v) is 14.1. The molecular formula is C15H15F4N5O3. The molecule has 0 aliphatic rings. The summed E-state index contributed by atoms with van der Waals surface area (Å²) >= 11 is 0. The normalized spacial score (nSPS) is 11.2. The molecule has 146 valence electrons. The summed E-state index contributed by atoms with van der Waals surface area (Å²) in [6.45, 7) is 1.98. The molecular weight excluding hydrogens is 374 g/mol. The van der Waals surface area contributed by atoms with Gasteiger partial charge in [-0.05, 0) is 6.07 Å². The number of ether oxygens (including phenoxy) is 1. The van der Waals surface area contributed by atoms with Crippen LogP contribution in [-0.4, -0.2) is 34.7 Å². The lowest BCUT2D eigenvalue weighted by Gasteiger charge is -2.16. The number of carboxylic acids is 1. The van der Waals surface area contributed by atoms with Crippen LogP contribution in [-0.2, 0) is 6.18 Å². The summed E-state index contributed by atoms with van der Waals surface area (Å²) in [5.41, 5.74) is 3.03. The zero-order chi connectivity index (χ0) is 20.2. The van der Waals surface area contributed by atoms with Crippen molar-refractivity contribution in [1.82, 2.24) is 15.4 Å². The first-order chi connectivity index (χ1) is 12.7. The van der Waals surface area contributed by atoms with Gasteiger partial charge in [-0.2, -0.15) is 18.2 Å². The summed E-state index contributed by atoms with van der Waals surface area (Å²) in [6, 6.07) is 1.75. The highest BCUT2D eigenvalue weighted by atomic mass is 19.4. The minimum absolute atomic E-state index is 0.0570. The molecule has 12 heteroatoms. The van der Waals surface area contributed by atoms with Gasteiger partial charge in [-0.3, -0.25) is 0 Å². The number of alkyl halides is 3. The summed E-state index contributed by atoms with van der Waals surface area (Å²) in [5.74, 6) is -3.45. The van der Waals surface area contributed by atoms with Gasteiger partial charge in [-0.25, -0.2) is 19.6 Å². The number of hydrogen-bond acceptors (Lipinski definition) is 7. The second-order valence-corrected chi connectivity index (χ2v) is 5.07. The maximum atomic E-state index is 13.9. The number of carboxylic acid groups (broad SMARTS) is 1. The molecule has 0 aliphatic carbocycles. The van der Waals surface area contributed by atoms with Crippen LogP contribution in [0.15, 0.2) is 18.3 Å². The first-order valence-electron chi connectivity index (χ1n) is 7.48. The van der Waals surface area contributed by atoms with E-state index >= 15 is 0 Å². The highest BCUT2D eigenvalue weighted by Gasteiger charge is 2.35. The number of benzene rings is 1. The Labute approximate surface area is 150 Å². The van der Waals surface area contributed by atoms with Crippen LogP contribution in [0.3, 0.4) is 0 Å². The van der Waals surface area contributed by atoms with Crippen molar-refractivity contribution in [2.45, 2.75) is 13.1 Å². The van der Waals surface area contributed by atoms with Crippen molar-refractivity contribution < 1.29 is 32.2 Å². The van der Waals surface area contributed by atoms with Gasteiger partial charge in [0.15, 0.2) is 5.82 Å². The summed E-state index contributed by atoms with van der Waals surface area (Å²) in [7, 11) is 1.22. The number of nitrogens with zero attached hydrogens (tertiary/aromatic N) is 2. The van der Waals surface area contributed by atoms with Crippen LogP contribution >= 0.6 is 0 Å². The summed E-state index contributed by atoms with van der Waals surface area (Å²) < 4.78 is 58.0. The fourth-order valence-corrected chi connectivity index (χ4v) is 2.02. The van der Waals surface area contributed by atoms with Crippen molar-refractivity contribution in [2.75, 3.05) is 24.4 Å². The zero-order valence-electron chi connectivity index (χ0n) is 14.1. The third-order valence-electron chi connectivity index (χ3n) is 3.24. The molecule has 2 rings (SSSR count). The predicted molar refractivity (Wildman–Crippen MR) is 87.5 cm³/mol. The van der Waals surface area contributed by atoms with Crippen molar-refractivity contribution in [1.29, 1.82) is 0 Å². The quantitative estimate of drug-likeness (QED) is 0.423. The molecule has 0 atom stereocenters. The van der Waals surface area contributed by atoms with Gasteiger partial charge < -0.3 is 20.6 Å². The molecule has 1 aromatic carbocycles. The average Bonchev–Trinajstić information content (AvgIpc) is 2.59. The molecule has 0 unspecified atom stereocenters. The number of anilines is 3. The topological polar surface area (TPSA) is 108 Å². The standard InChI is InChI=1S/C15H15F4N5O3/c1-3-21-24-12-8(15(17,18)19)6-20-14(23-12)22-10-5-9(16)7(13(25)26)4-11(10)27-2/h4-6,21H,3H2,1-2H3,(H,25,26)(H2,20,22,23,24). The van der Waals surface area contributed by atoms with E-state index in [0.29, 0.717) is 12.7 Å². The van der Waals surface area contributed by atoms with E-state index < -0.39 is 34.9 Å². The summed E-state index contributed by atoms with van der Waals surface area (Å²) in [4.78, 5) is 18.3. The van der Waals surface area contributed by atoms with E-state index in [9.17, 15) is 22.4 Å². The Kier molecular flexibility index (Phi) is 6.00. The van der Waals surface area contributed by atoms with Crippen LogP contribution in [0.4, 0.5) is 35.0 Å². The molecule has 0 aliphatic heterocycles. The van der Waals surface area contributed by atoms with Gasteiger partial charge >= 0.3 is 12.1 Å². The maximum Gasteiger partial charge on any atom is 0.421 e. The van der Waals surface area contributed by atoms with Gasteiger partial charge in [0.2, 0.25) is 5.95 Å². The molecule has 27 heavy (non-hydrogen) atoms. The molecule has 2 aromatic rings. The van der Waals surface area contributed by atoms with E-state index in [1.807, 2.05) is 0 Å². The first kappa shape index (κ1) is 20.2. The Hall–Kier alpha value is -3.15. The van der Waals surface area contributed by atoms with Crippen molar-refractivity contribution in [2.24, 2.45) is 0 Å². The fourth-order valence-electron chi connectivity index (χ4n) is 2.02. The smallest absolute Gasteiger partial charge is 0.421 e.